The molecule has 2 rings (SSSR count). The third kappa shape index (κ3) is 3.97. The van der Waals surface area contributed by atoms with Crippen LogP contribution in [0.1, 0.15) is 29.7 Å². The first kappa shape index (κ1) is 16.3. The van der Waals surface area contributed by atoms with Gasteiger partial charge in [0.1, 0.15) is 5.82 Å². The fourth-order valence-corrected chi connectivity index (χ4v) is 3.11. The van der Waals surface area contributed by atoms with Crippen molar-refractivity contribution in [2.24, 2.45) is 0 Å². The summed E-state index contributed by atoms with van der Waals surface area (Å²) < 4.78 is 13.5. The van der Waals surface area contributed by atoms with E-state index in [0.29, 0.717) is 16.5 Å². The van der Waals surface area contributed by atoms with Gasteiger partial charge in [0.05, 0.1) is 0 Å². The van der Waals surface area contributed by atoms with Crippen LogP contribution >= 0.6 is 23.2 Å². The Hall–Kier alpha value is -1.09. The molecule has 0 fully saturated rings. The highest BCUT2D eigenvalue weighted by molar-refractivity contribution is 6.36. The van der Waals surface area contributed by atoms with Gasteiger partial charge in [0.15, 0.2) is 0 Å². The molecule has 21 heavy (non-hydrogen) atoms. The smallest absolute Gasteiger partial charge is 0.123 e. The number of nitrogens with one attached hydrogen (secondary N) is 1. The molecule has 0 spiro atoms. The van der Waals surface area contributed by atoms with Gasteiger partial charge in [-0.25, -0.2) is 4.39 Å². The fraction of sp³-hybridized carbons (Fsp3) is 0.294. The third-order valence-corrected chi connectivity index (χ3v) is 4.19. The van der Waals surface area contributed by atoms with E-state index in [0.717, 1.165) is 23.2 Å². The minimum absolute atomic E-state index is 0.0447. The Morgan fingerprint density at radius 2 is 1.81 bits per heavy atom. The van der Waals surface area contributed by atoms with Crippen molar-refractivity contribution in [3.8, 4) is 0 Å². The largest absolute Gasteiger partial charge is 0.310 e. The average Bonchev–Trinajstić information content (AvgIpc) is 2.43. The normalized spacial score (nSPS) is 12.4. The molecule has 1 atom stereocenters. The molecule has 2 aromatic carbocycles. The summed E-state index contributed by atoms with van der Waals surface area (Å²) >= 11 is 12.6. The maximum Gasteiger partial charge on any atom is 0.123 e. The van der Waals surface area contributed by atoms with E-state index in [1.807, 2.05) is 32.0 Å². The Kier molecular flexibility index (Phi) is 5.63. The molecule has 1 N–H and O–H groups in total. The van der Waals surface area contributed by atoms with Crippen LogP contribution in [0, 0.1) is 12.7 Å². The zero-order valence-corrected chi connectivity index (χ0v) is 13.6. The van der Waals surface area contributed by atoms with Gasteiger partial charge in [-0.1, -0.05) is 42.3 Å². The molecular weight excluding hydrogens is 308 g/mol. The average molecular weight is 326 g/mol. The highest BCUT2D eigenvalue weighted by Gasteiger charge is 2.18. The number of benzene rings is 2. The predicted octanol–water partition coefficient (Wildman–Crippen LogP) is 5.33. The zero-order valence-electron chi connectivity index (χ0n) is 12.1. The number of aryl methyl sites for hydroxylation is 1. The van der Waals surface area contributed by atoms with Crippen LogP contribution in [0.5, 0.6) is 0 Å². The zero-order chi connectivity index (χ0) is 15.4. The second kappa shape index (κ2) is 7.26. The SMILES string of the molecule is CCNC(Cc1cc(F)ccc1C)c1c(Cl)cccc1Cl. The third-order valence-electron chi connectivity index (χ3n) is 3.53. The summed E-state index contributed by atoms with van der Waals surface area (Å²) in [7, 11) is 0. The minimum atomic E-state index is -0.226. The van der Waals surface area contributed by atoms with E-state index in [1.54, 1.807) is 12.1 Å². The van der Waals surface area contributed by atoms with Crippen LogP contribution in [0.2, 0.25) is 10.0 Å². The van der Waals surface area contributed by atoms with Crippen LogP contribution in [0.3, 0.4) is 0 Å². The van der Waals surface area contributed by atoms with Crippen LogP contribution in [0.15, 0.2) is 36.4 Å². The highest BCUT2D eigenvalue weighted by atomic mass is 35.5. The molecule has 0 aliphatic heterocycles. The molecule has 4 heteroatoms. The molecule has 1 unspecified atom stereocenters. The molecule has 1 nitrogen and oxygen atoms in total. The summed E-state index contributed by atoms with van der Waals surface area (Å²) in [5.74, 6) is -0.226. The van der Waals surface area contributed by atoms with E-state index in [-0.39, 0.29) is 11.9 Å². The fourth-order valence-electron chi connectivity index (χ4n) is 2.45. The molecule has 0 aliphatic rings. The minimum Gasteiger partial charge on any atom is -0.310 e. The topological polar surface area (TPSA) is 12.0 Å². The van der Waals surface area contributed by atoms with E-state index in [2.05, 4.69) is 5.32 Å². The highest BCUT2D eigenvalue weighted by Crippen LogP contribution is 2.32. The van der Waals surface area contributed by atoms with E-state index in [4.69, 9.17) is 23.2 Å². The van der Waals surface area contributed by atoms with Gasteiger partial charge in [-0.05, 0) is 55.3 Å². The lowest BCUT2D eigenvalue weighted by molar-refractivity contribution is 0.546. The standard InChI is InChI=1S/C17H18Cl2FN/c1-3-21-16(17-14(18)5-4-6-15(17)19)10-12-9-13(20)8-7-11(12)2/h4-9,16,21H,3,10H2,1-2H3. The number of likely N-dealkylation sites (N-methyl/N-ethyl adjacent to an activating group) is 1. The lowest BCUT2D eigenvalue weighted by Gasteiger charge is -2.22. The molecule has 0 amide bonds. The van der Waals surface area contributed by atoms with Crippen molar-refractivity contribution in [3.05, 3.63) is 69.0 Å². The van der Waals surface area contributed by atoms with Gasteiger partial charge in [-0.2, -0.15) is 0 Å². The van der Waals surface area contributed by atoms with Crippen molar-refractivity contribution in [1.82, 2.24) is 5.32 Å². The molecule has 0 heterocycles. The molecule has 0 saturated carbocycles. The Morgan fingerprint density at radius 3 is 2.43 bits per heavy atom. The first-order valence-corrected chi connectivity index (χ1v) is 7.70. The second-order valence-electron chi connectivity index (χ2n) is 5.02. The maximum absolute atomic E-state index is 13.5. The lowest BCUT2D eigenvalue weighted by atomic mass is 9.95. The lowest BCUT2D eigenvalue weighted by Crippen LogP contribution is -2.24. The number of hydrogen-bond donors (Lipinski definition) is 1. The summed E-state index contributed by atoms with van der Waals surface area (Å²) in [5, 5.41) is 4.64. The molecule has 0 radical (unpaired) electrons. The summed E-state index contributed by atoms with van der Waals surface area (Å²) in [6.07, 6.45) is 0.640. The second-order valence-corrected chi connectivity index (χ2v) is 5.83. The van der Waals surface area contributed by atoms with Gasteiger partial charge in [-0.15, -0.1) is 0 Å². The van der Waals surface area contributed by atoms with Crippen molar-refractivity contribution in [2.45, 2.75) is 26.3 Å². The number of rotatable bonds is 5. The molecule has 0 aliphatic carbocycles. The summed E-state index contributed by atoms with van der Waals surface area (Å²) in [6, 6.07) is 10.3. The van der Waals surface area contributed by atoms with Crippen LogP contribution in [0.25, 0.3) is 0 Å². The van der Waals surface area contributed by atoms with E-state index in [9.17, 15) is 4.39 Å². The molecular formula is C17H18Cl2FN. The Bertz CT molecular complexity index is 608. The van der Waals surface area contributed by atoms with Gasteiger partial charge in [0.25, 0.3) is 0 Å². The van der Waals surface area contributed by atoms with Gasteiger partial charge < -0.3 is 5.32 Å². The van der Waals surface area contributed by atoms with Crippen LogP contribution in [-0.2, 0) is 6.42 Å². The van der Waals surface area contributed by atoms with Crippen molar-refractivity contribution < 1.29 is 4.39 Å². The van der Waals surface area contributed by atoms with Crippen LogP contribution < -0.4 is 5.32 Å². The molecule has 2 aromatic rings. The summed E-state index contributed by atoms with van der Waals surface area (Å²) in [6.45, 7) is 4.78. The number of halogens is 3. The van der Waals surface area contributed by atoms with E-state index in [1.165, 1.54) is 6.07 Å². The first-order valence-electron chi connectivity index (χ1n) is 6.95. The quantitative estimate of drug-likeness (QED) is 0.782. The molecule has 0 saturated heterocycles. The summed E-state index contributed by atoms with van der Waals surface area (Å²) in [5.41, 5.74) is 2.88. The maximum atomic E-state index is 13.5. The molecule has 0 bridgehead atoms. The molecule has 0 aromatic heterocycles. The number of hydrogen-bond acceptors (Lipinski definition) is 1. The monoisotopic (exact) mass is 325 g/mol. The van der Waals surface area contributed by atoms with Gasteiger partial charge in [0.2, 0.25) is 0 Å². The van der Waals surface area contributed by atoms with Crippen LogP contribution in [0.4, 0.5) is 4.39 Å². The van der Waals surface area contributed by atoms with Crippen molar-refractivity contribution in [3.63, 3.8) is 0 Å². The summed E-state index contributed by atoms with van der Waals surface area (Å²) in [4.78, 5) is 0. The first-order chi connectivity index (χ1) is 10.0. The Labute approximate surface area is 135 Å². The predicted molar refractivity (Wildman–Crippen MR) is 87.7 cm³/mol. The van der Waals surface area contributed by atoms with Gasteiger partial charge >= 0.3 is 0 Å². The van der Waals surface area contributed by atoms with Gasteiger partial charge in [0, 0.05) is 21.7 Å². The van der Waals surface area contributed by atoms with Crippen LogP contribution in [-0.4, -0.2) is 6.54 Å². The Balaban J connectivity index is 2.38. The molecule has 112 valence electrons. The Morgan fingerprint density at radius 1 is 1.14 bits per heavy atom. The van der Waals surface area contributed by atoms with Gasteiger partial charge in [-0.3, -0.25) is 0 Å². The van der Waals surface area contributed by atoms with Crippen molar-refractivity contribution in [2.75, 3.05) is 6.54 Å². The van der Waals surface area contributed by atoms with E-state index >= 15 is 0 Å². The van der Waals surface area contributed by atoms with Crippen molar-refractivity contribution in [1.29, 1.82) is 0 Å². The van der Waals surface area contributed by atoms with Crippen molar-refractivity contribution >= 4 is 23.2 Å². The van der Waals surface area contributed by atoms with E-state index < -0.39 is 0 Å².